The Hall–Kier alpha value is 0.721. The van der Waals surface area contributed by atoms with Crippen LogP contribution < -0.4 is 0 Å². The third kappa shape index (κ3) is 9.62. The molecular formula is C11H21BF3KN2O2. The molecule has 1 atom stereocenters. The zero-order valence-electron chi connectivity index (χ0n) is 12.8. The number of piperazine rings is 1. The number of hydrogen-bond acceptors (Lipinski definition) is 3. The molecule has 20 heavy (non-hydrogen) atoms. The largest absolute Gasteiger partial charge is 0.762 e. The molecule has 1 amide bonds. The number of amides is 1. The van der Waals surface area contributed by atoms with Crippen molar-refractivity contribution in [3.05, 3.63) is 0 Å². The van der Waals surface area contributed by atoms with Gasteiger partial charge in [0.25, 0.3) is 0 Å². The van der Waals surface area contributed by atoms with Gasteiger partial charge >= 0.3 is 142 Å². The van der Waals surface area contributed by atoms with E-state index in [1.54, 1.807) is 0 Å². The number of halogens is 3. The number of nitrogens with zero attached hydrogens (tertiary/aromatic N) is 2. The maximum Gasteiger partial charge on any atom is 0.762 e. The summed E-state index contributed by atoms with van der Waals surface area (Å²) >= 11 is 0.862. The normalized spacial score (nSPS) is 20.1. The fourth-order valence-corrected chi connectivity index (χ4v) is 2.81. The van der Waals surface area contributed by atoms with E-state index in [4.69, 9.17) is 4.74 Å². The van der Waals surface area contributed by atoms with Gasteiger partial charge < -0.3 is 0 Å². The van der Waals surface area contributed by atoms with E-state index in [1.165, 1.54) is 0.639 Å². The van der Waals surface area contributed by atoms with E-state index in [2.05, 4.69) is 11.8 Å². The molecule has 4 nitrogen and oxygen atoms in total. The molecule has 0 aromatic heterocycles. The van der Waals surface area contributed by atoms with Crippen LogP contribution in [0.3, 0.4) is 0 Å². The fourth-order valence-electron chi connectivity index (χ4n) is 1.91. The first kappa shape index (κ1) is 20.7. The number of carbonyl (C=O) groups is 1. The summed E-state index contributed by atoms with van der Waals surface area (Å²) in [7, 11) is -3.67. The Balaban J connectivity index is 0.000000796. The van der Waals surface area contributed by atoms with Crippen LogP contribution in [0.1, 0.15) is 27.7 Å². The molecule has 1 rings (SSSR count). The smallest absolute Gasteiger partial charge is 0.254 e. The van der Waals surface area contributed by atoms with Crippen molar-refractivity contribution in [2.45, 2.75) is 39.3 Å². The number of ether oxygens (including phenoxy) is 1. The van der Waals surface area contributed by atoms with E-state index in [1.807, 2.05) is 25.7 Å². The summed E-state index contributed by atoms with van der Waals surface area (Å²) in [5.74, 6) is 0. The van der Waals surface area contributed by atoms with Crippen LogP contribution >= 0.6 is 0 Å². The summed E-state index contributed by atoms with van der Waals surface area (Å²) < 4.78 is 35.6. The van der Waals surface area contributed by atoms with E-state index in [9.17, 15) is 17.7 Å². The van der Waals surface area contributed by atoms with Crippen molar-refractivity contribution in [1.29, 1.82) is 0 Å². The Bertz CT molecular complexity index is 303. The average molecular weight is 320 g/mol. The van der Waals surface area contributed by atoms with Crippen LogP contribution in [0.25, 0.3) is 0 Å². The van der Waals surface area contributed by atoms with Gasteiger partial charge in [0.2, 0.25) is 0 Å². The number of carbonyl (C=O) groups excluding carboxylic acids is 1. The molecule has 0 aromatic rings. The molecule has 0 unspecified atom stereocenters. The first-order chi connectivity index (χ1) is 9.06. The standard InChI is InChI=1S/C11H21N2O2.BF3.K/c1-9-8-12(5)6-7-13(9)10(14)15-11(2,3)4;2-1(3)4;/h9H,5-8H2,1-4H3;;/t9-;;/m0../s1. The van der Waals surface area contributed by atoms with E-state index >= 15 is 0 Å². The third-order valence-corrected chi connectivity index (χ3v) is 4.18. The maximum atomic E-state index is 11.9. The van der Waals surface area contributed by atoms with Gasteiger partial charge in [-0.15, -0.1) is 0 Å². The molecule has 1 heterocycles. The van der Waals surface area contributed by atoms with Crippen LogP contribution in [0, 0.1) is 0 Å². The predicted molar refractivity (Wildman–Crippen MR) is 73.7 cm³/mol. The summed E-state index contributed by atoms with van der Waals surface area (Å²) in [6, 6.07) is 0.269. The molecule has 0 aliphatic carbocycles. The average Bonchev–Trinajstić information content (AvgIpc) is 2.25. The molecular weight excluding hydrogens is 299 g/mol. The van der Waals surface area contributed by atoms with Gasteiger partial charge in [0.15, 0.2) is 0 Å². The Kier molecular flexibility index (Phi) is 10.0. The van der Waals surface area contributed by atoms with Gasteiger partial charge in [-0.1, -0.05) is 0 Å². The van der Waals surface area contributed by atoms with Gasteiger partial charge in [0, 0.05) is 0 Å². The molecule has 0 spiro atoms. The molecule has 1 fully saturated rings. The maximum absolute atomic E-state index is 11.9. The second kappa shape index (κ2) is 9.68. The van der Waals surface area contributed by atoms with Crippen LogP contribution in [0.15, 0.2) is 0 Å². The topological polar surface area (TPSA) is 32.8 Å². The summed E-state index contributed by atoms with van der Waals surface area (Å²) in [6.45, 7) is 10.6. The van der Waals surface area contributed by atoms with Gasteiger partial charge in [-0.3, -0.25) is 12.9 Å². The number of hydrogen-bond donors (Lipinski definition) is 0. The van der Waals surface area contributed by atoms with E-state index in [0.29, 0.717) is 0 Å². The van der Waals surface area contributed by atoms with E-state index < -0.39 is 13.1 Å². The minimum absolute atomic E-state index is 0.169. The molecule has 1 aliphatic rings. The van der Waals surface area contributed by atoms with Crippen LogP contribution in [-0.2, 0) is 4.74 Å². The molecule has 0 saturated carbocycles. The first-order valence-electron chi connectivity index (χ1n) is 6.71. The van der Waals surface area contributed by atoms with Gasteiger partial charge in [-0.05, 0) is 0 Å². The summed E-state index contributed by atoms with van der Waals surface area (Å²) in [6.07, 6.45) is -0.169. The van der Waals surface area contributed by atoms with Gasteiger partial charge in [0.05, 0.1) is 0 Å². The molecule has 0 aromatic carbocycles. The van der Waals surface area contributed by atoms with Crippen molar-refractivity contribution < 1.29 is 22.5 Å². The molecule has 1 saturated heterocycles. The SMILES string of the molecule is C[C@H]1CN([CH2][K])CCN1C(=O)OC(C)(C)C.FB(F)F. The summed E-state index contributed by atoms with van der Waals surface area (Å²) in [5, 5.41) is 0. The Morgan fingerprint density at radius 1 is 1.35 bits per heavy atom. The van der Waals surface area contributed by atoms with Crippen molar-refractivity contribution in [3.8, 4) is 0 Å². The minimum atomic E-state index is -3.67. The van der Waals surface area contributed by atoms with Gasteiger partial charge in [-0.25, -0.2) is 0 Å². The molecule has 112 valence electrons. The van der Waals surface area contributed by atoms with Crippen LogP contribution in [-0.4, -0.2) is 104 Å². The third-order valence-electron chi connectivity index (χ3n) is 2.79. The van der Waals surface area contributed by atoms with Crippen molar-refractivity contribution >= 4 is 62.6 Å². The first-order valence-corrected chi connectivity index (χ1v) is 8.91. The van der Waals surface area contributed by atoms with Crippen LogP contribution in [0.4, 0.5) is 17.7 Å². The summed E-state index contributed by atoms with van der Waals surface area (Å²) in [5.41, 5.74) is -0.395. The Morgan fingerprint density at radius 2 is 1.85 bits per heavy atom. The zero-order valence-corrected chi connectivity index (χ0v) is 16.0. The molecule has 0 radical (unpaired) electrons. The van der Waals surface area contributed by atoms with Gasteiger partial charge in [-0.2, -0.15) is 0 Å². The van der Waals surface area contributed by atoms with E-state index in [0.717, 1.165) is 68.6 Å². The van der Waals surface area contributed by atoms with Gasteiger partial charge in [0.1, 0.15) is 0 Å². The van der Waals surface area contributed by atoms with Crippen molar-refractivity contribution in [2.24, 2.45) is 0 Å². The molecule has 0 bridgehead atoms. The number of rotatable bonds is 1. The molecule has 1 aliphatic heterocycles. The van der Waals surface area contributed by atoms with Crippen molar-refractivity contribution in [3.63, 3.8) is 0 Å². The fraction of sp³-hybridized carbons (Fsp3) is 0.909. The van der Waals surface area contributed by atoms with E-state index in [-0.39, 0.29) is 12.1 Å². The monoisotopic (exact) mass is 320 g/mol. The Morgan fingerprint density at radius 3 is 2.20 bits per heavy atom. The summed E-state index contributed by atoms with van der Waals surface area (Å²) in [4.78, 5) is 16.2. The van der Waals surface area contributed by atoms with Crippen LogP contribution in [0.2, 0.25) is 0 Å². The van der Waals surface area contributed by atoms with Crippen LogP contribution in [0.5, 0.6) is 0 Å². The molecule has 9 heteroatoms. The molecule has 0 N–H and O–H groups in total. The Labute approximate surface area is 153 Å². The van der Waals surface area contributed by atoms with Crippen molar-refractivity contribution in [1.82, 2.24) is 9.80 Å². The predicted octanol–water partition coefficient (Wildman–Crippen LogP) is 1.93. The zero-order chi connectivity index (χ0) is 15.9. The van der Waals surface area contributed by atoms with Crippen molar-refractivity contribution in [2.75, 3.05) is 20.3 Å². The minimum Gasteiger partial charge on any atom is -0.254 e. The second-order valence-corrected chi connectivity index (χ2v) is 6.65. The quantitative estimate of drug-likeness (QED) is 0.692. The second-order valence-electron chi connectivity index (χ2n) is 5.66.